The van der Waals surface area contributed by atoms with Crippen molar-refractivity contribution < 1.29 is 18.7 Å². The van der Waals surface area contributed by atoms with Gasteiger partial charge in [0.1, 0.15) is 24.3 Å². The Labute approximate surface area is 170 Å². The highest BCUT2D eigenvalue weighted by atomic mass is 19.1. The number of amides is 1. The van der Waals surface area contributed by atoms with Crippen molar-refractivity contribution in [3.63, 3.8) is 0 Å². The number of fused-ring (bicyclic) bond motifs is 2. The molecule has 152 valence electrons. The summed E-state index contributed by atoms with van der Waals surface area (Å²) < 4.78 is 25.8. The summed E-state index contributed by atoms with van der Waals surface area (Å²) in [6.45, 7) is 8.77. The number of halogens is 1. The summed E-state index contributed by atoms with van der Waals surface area (Å²) in [7, 11) is 0. The van der Waals surface area contributed by atoms with Crippen molar-refractivity contribution in [3.05, 3.63) is 71.1 Å². The molecule has 4 nitrogen and oxygen atoms in total. The average Bonchev–Trinajstić information content (AvgIpc) is 2.89. The van der Waals surface area contributed by atoms with Crippen LogP contribution < -0.4 is 10.1 Å². The van der Waals surface area contributed by atoms with Gasteiger partial charge in [-0.05, 0) is 42.2 Å². The number of nitrogens with one attached hydrogen (secondary N) is 1. The first-order valence-electron chi connectivity index (χ1n) is 9.87. The average molecular weight is 395 g/mol. The Morgan fingerprint density at radius 2 is 1.93 bits per heavy atom. The molecule has 4 rings (SSSR count). The van der Waals surface area contributed by atoms with Crippen molar-refractivity contribution in [2.24, 2.45) is 0 Å². The van der Waals surface area contributed by atoms with Gasteiger partial charge in [0, 0.05) is 12.0 Å². The number of anilines is 1. The van der Waals surface area contributed by atoms with Crippen molar-refractivity contribution in [1.29, 1.82) is 0 Å². The summed E-state index contributed by atoms with van der Waals surface area (Å²) in [6.07, 6.45) is 2.05. The lowest BCUT2D eigenvalue weighted by Gasteiger charge is -2.35. The Balaban J connectivity index is 1.52. The molecule has 0 saturated heterocycles. The largest absolute Gasteiger partial charge is 0.491 e. The first kappa shape index (κ1) is 19.6. The molecule has 29 heavy (non-hydrogen) atoms. The van der Waals surface area contributed by atoms with Gasteiger partial charge in [0.15, 0.2) is 5.60 Å². The van der Waals surface area contributed by atoms with Gasteiger partial charge in [-0.25, -0.2) is 4.39 Å². The second-order valence-corrected chi connectivity index (χ2v) is 8.90. The zero-order chi connectivity index (χ0) is 20.8. The third-order valence-electron chi connectivity index (χ3n) is 5.52. The number of benzene rings is 2. The zero-order valence-corrected chi connectivity index (χ0v) is 17.2. The predicted octanol–water partition coefficient (Wildman–Crippen LogP) is 5.08. The Hall–Kier alpha value is -2.66. The van der Waals surface area contributed by atoms with E-state index in [1.54, 1.807) is 6.07 Å². The second kappa shape index (κ2) is 6.99. The molecule has 2 atom stereocenters. The van der Waals surface area contributed by atoms with Crippen molar-refractivity contribution >= 4 is 11.6 Å². The molecule has 5 heteroatoms. The summed E-state index contributed by atoms with van der Waals surface area (Å²) >= 11 is 0. The number of hydrogen-bond donors (Lipinski definition) is 1. The van der Waals surface area contributed by atoms with Crippen molar-refractivity contribution in [3.8, 4) is 5.75 Å². The van der Waals surface area contributed by atoms with Crippen LogP contribution in [0.5, 0.6) is 5.75 Å². The van der Waals surface area contributed by atoms with E-state index < -0.39 is 5.60 Å². The Morgan fingerprint density at radius 3 is 2.62 bits per heavy atom. The second-order valence-electron chi connectivity index (χ2n) is 8.90. The van der Waals surface area contributed by atoms with Crippen LogP contribution >= 0.6 is 0 Å². The van der Waals surface area contributed by atoms with Crippen LogP contribution in [0.15, 0.2) is 54.1 Å². The fourth-order valence-corrected chi connectivity index (χ4v) is 4.02. The van der Waals surface area contributed by atoms with Gasteiger partial charge in [0.05, 0.1) is 5.69 Å². The number of hydrogen-bond acceptors (Lipinski definition) is 3. The Kier molecular flexibility index (Phi) is 4.74. The monoisotopic (exact) mass is 395 g/mol. The van der Waals surface area contributed by atoms with Gasteiger partial charge in [-0.1, -0.05) is 50.6 Å². The maximum Gasteiger partial charge on any atom is 0.261 e. The standard InChI is InChI=1S/C24H26FNO3/c1-15-11-19(14-28-18-8-5-16(6-9-18)23(2,3)4)29-24(13-15)20-10-7-17(25)12-21(20)26-22(24)27/h5-12,19H,13-14H2,1-4H3,(H,26,27)/t19-,24+/m1/s1. The van der Waals surface area contributed by atoms with Gasteiger partial charge in [0.2, 0.25) is 0 Å². The minimum absolute atomic E-state index is 0.0833. The topological polar surface area (TPSA) is 47.6 Å². The van der Waals surface area contributed by atoms with Crippen molar-refractivity contribution in [2.75, 3.05) is 11.9 Å². The molecule has 0 aliphatic carbocycles. The van der Waals surface area contributed by atoms with E-state index in [-0.39, 0.29) is 29.9 Å². The summed E-state index contributed by atoms with van der Waals surface area (Å²) in [5.41, 5.74) is 2.38. The number of rotatable bonds is 3. The Bertz CT molecular complexity index is 975. The molecule has 0 fully saturated rings. The maximum atomic E-state index is 13.6. The molecule has 1 spiro atoms. The lowest BCUT2D eigenvalue weighted by atomic mass is 9.85. The van der Waals surface area contributed by atoms with Crippen LogP contribution in [0.4, 0.5) is 10.1 Å². The molecule has 1 N–H and O–H groups in total. The maximum absolute atomic E-state index is 13.6. The fraction of sp³-hybridized carbons (Fsp3) is 0.375. The van der Waals surface area contributed by atoms with Crippen LogP contribution in [0.2, 0.25) is 0 Å². The lowest BCUT2D eigenvalue weighted by molar-refractivity contribution is -0.151. The predicted molar refractivity (Wildman–Crippen MR) is 111 cm³/mol. The molecule has 2 heterocycles. The molecule has 2 aliphatic heterocycles. The summed E-state index contributed by atoms with van der Waals surface area (Å²) in [5, 5.41) is 2.76. The molecular formula is C24H26FNO3. The van der Waals surface area contributed by atoms with E-state index in [0.29, 0.717) is 17.7 Å². The first-order chi connectivity index (χ1) is 13.7. The molecule has 0 unspecified atom stereocenters. The lowest BCUT2D eigenvalue weighted by Crippen LogP contribution is -2.44. The zero-order valence-electron chi connectivity index (χ0n) is 17.2. The minimum Gasteiger partial charge on any atom is -0.491 e. The third kappa shape index (κ3) is 3.67. The third-order valence-corrected chi connectivity index (χ3v) is 5.52. The molecule has 1 amide bonds. The van der Waals surface area contributed by atoms with Gasteiger partial charge in [-0.15, -0.1) is 0 Å². The molecule has 0 radical (unpaired) electrons. The smallest absolute Gasteiger partial charge is 0.261 e. The van der Waals surface area contributed by atoms with Crippen LogP contribution in [0.25, 0.3) is 0 Å². The van der Waals surface area contributed by atoms with Crippen LogP contribution in [0, 0.1) is 5.82 Å². The fourth-order valence-electron chi connectivity index (χ4n) is 4.02. The van der Waals surface area contributed by atoms with E-state index in [2.05, 4.69) is 38.2 Å². The number of carbonyl (C=O) groups is 1. The van der Waals surface area contributed by atoms with E-state index in [4.69, 9.17) is 9.47 Å². The molecule has 2 aromatic rings. The van der Waals surface area contributed by atoms with E-state index in [1.165, 1.54) is 17.7 Å². The van der Waals surface area contributed by atoms with Crippen LogP contribution in [-0.4, -0.2) is 18.6 Å². The van der Waals surface area contributed by atoms with Crippen LogP contribution in [-0.2, 0) is 20.5 Å². The van der Waals surface area contributed by atoms with E-state index in [1.807, 2.05) is 25.1 Å². The molecule has 0 bridgehead atoms. The number of carbonyl (C=O) groups excluding carboxylic acids is 1. The highest BCUT2D eigenvalue weighted by Crippen LogP contribution is 2.46. The van der Waals surface area contributed by atoms with E-state index in [0.717, 1.165) is 11.3 Å². The van der Waals surface area contributed by atoms with Crippen molar-refractivity contribution in [1.82, 2.24) is 0 Å². The van der Waals surface area contributed by atoms with Crippen molar-refractivity contribution in [2.45, 2.75) is 51.2 Å². The van der Waals surface area contributed by atoms with Gasteiger partial charge in [-0.2, -0.15) is 0 Å². The quantitative estimate of drug-likeness (QED) is 0.737. The number of ether oxygens (including phenoxy) is 2. The normalized spacial score (nSPS) is 23.6. The minimum atomic E-state index is -1.13. The van der Waals surface area contributed by atoms with E-state index in [9.17, 15) is 9.18 Å². The van der Waals surface area contributed by atoms with E-state index >= 15 is 0 Å². The first-order valence-corrected chi connectivity index (χ1v) is 9.87. The molecular weight excluding hydrogens is 369 g/mol. The van der Waals surface area contributed by atoms with Gasteiger partial charge >= 0.3 is 0 Å². The Morgan fingerprint density at radius 1 is 1.21 bits per heavy atom. The van der Waals surface area contributed by atoms with Crippen LogP contribution in [0.3, 0.4) is 0 Å². The molecule has 2 aliphatic rings. The summed E-state index contributed by atoms with van der Waals surface area (Å²) in [4.78, 5) is 12.8. The molecule has 0 saturated carbocycles. The van der Waals surface area contributed by atoms with Gasteiger partial charge < -0.3 is 14.8 Å². The highest BCUT2D eigenvalue weighted by Gasteiger charge is 2.51. The van der Waals surface area contributed by atoms with Crippen LogP contribution in [0.1, 0.15) is 45.2 Å². The van der Waals surface area contributed by atoms with Gasteiger partial charge in [0.25, 0.3) is 5.91 Å². The molecule has 2 aromatic carbocycles. The molecule has 0 aromatic heterocycles. The SMILES string of the molecule is CC1=C[C@H](COc2ccc(C(C)(C)C)cc2)O[C@]2(C1)C(=O)Nc1cc(F)ccc12. The van der Waals surface area contributed by atoms with Gasteiger partial charge in [-0.3, -0.25) is 4.79 Å². The summed E-state index contributed by atoms with van der Waals surface area (Å²) in [5.74, 6) is 0.110. The highest BCUT2D eigenvalue weighted by molar-refractivity contribution is 6.05. The summed E-state index contributed by atoms with van der Waals surface area (Å²) in [6, 6.07) is 12.4.